The Morgan fingerprint density at radius 1 is 1.24 bits per heavy atom. The van der Waals surface area contributed by atoms with E-state index in [4.69, 9.17) is 0 Å². The standard InChI is InChI=1S/C14H20N2O4S/c1-10(17)15-8-5-3-4-6-12(18)16-11-7-9-21-13(11)14(19)20-2/h7,9H,3-6,8H2,1-2H3,(H,15,17)(H,16,18). The molecule has 2 N–H and O–H groups in total. The van der Waals surface area contributed by atoms with Crippen LogP contribution in [0.25, 0.3) is 0 Å². The van der Waals surface area contributed by atoms with E-state index in [1.54, 1.807) is 11.4 Å². The molecule has 116 valence electrons. The largest absolute Gasteiger partial charge is 0.465 e. The first-order valence-electron chi connectivity index (χ1n) is 6.74. The Labute approximate surface area is 127 Å². The van der Waals surface area contributed by atoms with Crippen molar-refractivity contribution in [1.29, 1.82) is 0 Å². The summed E-state index contributed by atoms with van der Waals surface area (Å²) in [5.41, 5.74) is 0.495. The molecule has 21 heavy (non-hydrogen) atoms. The van der Waals surface area contributed by atoms with E-state index in [2.05, 4.69) is 15.4 Å². The van der Waals surface area contributed by atoms with Crippen LogP contribution in [0.4, 0.5) is 5.69 Å². The predicted octanol–water partition coefficient (Wildman–Crippen LogP) is 2.17. The number of hydrogen-bond donors (Lipinski definition) is 2. The third-order valence-electron chi connectivity index (χ3n) is 2.76. The monoisotopic (exact) mass is 312 g/mol. The van der Waals surface area contributed by atoms with Crippen LogP contribution in [0.1, 0.15) is 42.3 Å². The number of esters is 1. The zero-order valence-corrected chi connectivity index (χ0v) is 13.0. The van der Waals surface area contributed by atoms with Crippen LogP contribution in [0.2, 0.25) is 0 Å². The third kappa shape index (κ3) is 6.40. The van der Waals surface area contributed by atoms with Crippen molar-refractivity contribution in [2.75, 3.05) is 19.0 Å². The van der Waals surface area contributed by atoms with Crippen LogP contribution in [0, 0.1) is 0 Å². The topological polar surface area (TPSA) is 84.5 Å². The molecular formula is C14H20N2O4S. The summed E-state index contributed by atoms with van der Waals surface area (Å²) in [6, 6.07) is 1.69. The number of carbonyl (C=O) groups excluding carboxylic acids is 3. The van der Waals surface area contributed by atoms with Crippen molar-refractivity contribution in [3.05, 3.63) is 16.3 Å². The Morgan fingerprint density at radius 3 is 2.67 bits per heavy atom. The van der Waals surface area contributed by atoms with Crippen LogP contribution in [-0.4, -0.2) is 31.4 Å². The van der Waals surface area contributed by atoms with Crippen LogP contribution in [0.3, 0.4) is 0 Å². The number of amides is 2. The number of ether oxygens (including phenoxy) is 1. The Morgan fingerprint density at radius 2 is 2.00 bits per heavy atom. The maximum absolute atomic E-state index is 11.8. The Bertz CT molecular complexity index is 499. The highest BCUT2D eigenvalue weighted by molar-refractivity contribution is 7.12. The second kappa shape index (κ2) is 9.12. The van der Waals surface area contributed by atoms with E-state index < -0.39 is 5.97 Å². The highest BCUT2D eigenvalue weighted by Gasteiger charge is 2.15. The van der Waals surface area contributed by atoms with Gasteiger partial charge in [-0.2, -0.15) is 0 Å². The quantitative estimate of drug-likeness (QED) is 0.569. The van der Waals surface area contributed by atoms with Gasteiger partial charge in [0, 0.05) is 19.9 Å². The van der Waals surface area contributed by atoms with Gasteiger partial charge in [0.15, 0.2) is 0 Å². The molecule has 0 saturated carbocycles. The minimum Gasteiger partial charge on any atom is -0.465 e. The molecule has 0 aliphatic heterocycles. The van der Waals surface area contributed by atoms with Crippen molar-refractivity contribution in [2.24, 2.45) is 0 Å². The van der Waals surface area contributed by atoms with Gasteiger partial charge in [-0.05, 0) is 24.3 Å². The number of methoxy groups -OCH3 is 1. The minimum atomic E-state index is -0.449. The highest BCUT2D eigenvalue weighted by atomic mass is 32.1. The second-order valence-electron chi connectivity index (χ2n) is 4.50. The van der Waals surface area contributed by atoms with Crippen LogP contribution in [-0.2, 0) is 14.3 Å². The van der Waals surface area contributed by atoms with Crippen LogP contribution in [0.15, 0.2) is 11.4 Å². The van der Waals surface area contributed by atoms with Crippen LogP contribution >= 0.6 is 11.3 Å². The first kappa shape index (κ1) is 17.2. The zero-order valence-electron chi connectivity index (χ0n) is 12.2. The lowest BCUT2D eigenvalue weighted by atomic mass is 10.2. The smallest absolute Gasteiger partial charge is 0.350 e. The summed E-state index contributed by atoms with van der Waals surface area (Å²) in [7, 11) is 1.31. The van der Waals surface area contributed by atoms with Gasteiger partial charge >= 0.3 is 5.97 Å². The number of rotatable bonds is 8. The van der Waals surface area contributed by atoms with E-state index in [-0.39, 0.29) is 11.8 Å². The molecule has 0 aliphatic carbocycles. The summed E-state index contributed by atoms with van der Waals surface area (Å²) in [4.78, 5) is 34.3. The first-order chi connectivity index (χ1) is 10.0. The summed E-state index contributed by atoms with van der Waals surface area (Å²) in [5, 5.41) is 7.15. The van der Waals surface area contributed by atoms with Crippen molar-refractivity contribution < 1.29 is 19.1 Å². The highest BCUT2D eigenvalue weighted by Crippen LogP contribution is 2.23. The van der Waals surface area contributed by atoms with Gasteiger partial charge in [-0.3, -0.25) is 9.59 Å². The number of unbranched alkanes of at least 4 members (excludes halogenated alkanes) is 2. The Kier molecular flexibility index (Phi) is 7.45. The molecule has 1 aromatic rings. The zero-order chi connectivity index (χ0) is 15.7. The van der Waals surface area contributed by atoms with Gasteiger partial charge in [0.2, 0.25) is 11.8 Å². The number of thiophene rings is 1. The fourth-order valence-electron chi connectivity index (χ4n) is 1.72. The number of nitrogens with one attached hydrogen (secondary N) is 2. The van der Waals surface area contributed by atoms with Gasteiger partial charge in [-0.1, -0.05) is 6.42 Å². The van der Waals surface area contributed by atoms with Gasteiger partial charge in [0.05, 0.1) is 12.8 Å². The average molecular weight is 312 g/mol. The van der Waals surface area contributed by atoms with E-state index in [0.717, 1.165) is 19.3 Å². The van der Waals surface area contributed by atoms with Gasteiger partial charge in [-0.25, -0.2) is 4.79 Å². The average Bonchev–Trinajstić information content (AvgIpc) is 2.89. The molecule has 1 aromatic heterocycles. The second-order valence-corrected chi connectivity index (χ2v) is 5.41. The summed E-state index contributed by atoms with van der Waals surface area (Å²) >= 11 is 1.23. The van der Waals surface area contributed by atoms with Gasteiger partial charge in [0.25, 0.3) is 0 Å². The normalized spacial score (nSPS) is 10.0. The van der Waals surface area contributed by atoms with Gasteiger partial charge < -0.3 is 15.4 Å². The molecule has 6 nitrogen and oxygen atoms in total. The summed E-state index contributed by atoms with van der Waals surface area (Å²) < 4.78 is 4.65. The molecule has 0 radical (unpaired) electrons. The fourth-order valence-corrected chi connectivity index (χ4v) is 2.49. The predicted molar refractivity (Wildman–Crippen MR) is 81.4 cm³/mol. The summed E-state index contributed by atoms with van der Waals surface area (Å²) in [6.07, 6.45) is 2.83. The Balaban J connectivity index is 2.27. The molecule has 7 heteroatoms. The lowest BCUT2D eigenvalue weighted by Gasteiger charge is -2.06. The van der Waals surface area contributed by atoms with Crippen molar-refractivity contribution in [3.8, 4) is 0 Å². The lowest BCUT2D eigenvalue weighted by Crippen LogP contribution is -2.20. The van der Waals surface area contributed by atoms with E-state index >= 15 is 0 Å². The van der Waals surface area contributed by atoms with Crippen molar-refractivity contribution in [1.82, 2.24) is 5.32 Å². The van der Waals surface area contributed by atoms with E-state index in [1.807, 2.05) is 0 Å². The molecule has 0 saturated heterocycles. The van der Waals surface area contributed by atoms with Crippen molar-refractivity contribution in [3.63, 3.8) is 0 Å². The van der Waals surface area contributed by atoms with Crippen LogP contribution in [0.5, 0.6) is 0 Å². The van der Waals surface area contributed by atoms with Crippen molar-refractivity contribution in [2.45, 2.75) is 32.6 Å². The molecule has 1 heterocycles. The van der Waals surface area contributed by atoms with E-state index in [1.165, 1.54) is 25.4 Å². The molecule has 0 fully saturated rings. The third-order valence-corrected chi connectivity index (χ3v) is 3.66. The van der Waals surface area contributed by atoms with Gasteiger partial charge in [0.1, 0.15) is 4.88 Å². The molecule has 0 bridgehead atoms. The molecule has 2 amide bonds. The molecule has 0 atom stereocenters. The fraction of sp³-hybridized carbons (Fsp3) is 0.500. The molecule has 1 rings (SSSR count). The molecule has 0 spiro atoms. The molecule has 0 unspecified atom stereocenters. The minimum absolute atomic E-state index is 0.0412. The maximum atomic E-state index is 11.8. The lowest BCUT2D eigenvalue weighted by molar-refractivity contribution is -0.119. The molecular weight excluding hydrogens is 292 g/mol. The first-order valence-corrected chi connectivity index (χ1v) is 7.62. The summed E-state index contributed by atoms with van der Waals surface area (Å²) in [6.45, 7) is 2.11. The molecule has 0 aromatic carbocycles. The Hall–Kier alpha value is -1.89. The van der Waals surface area contributed by atoms with E-state index in [9.17, 15) is 14.4 Å². The number of anilines is 1. The van der Waals surface area contributed by atoms with E-state index in [0.29, 0.717) is 23.5 Å². The maximum Gasteiger partial charge on any atom is 0.350 e. The van der Waals surface area contributed by atoms with Gasteiger partial charge in [-0.15, -0.1) is 11.3 Å². The number of carbonyl (C=O) groups is 3. The number of hydrogen-bond acceptors (Lipinski definition) is 5. The molecule has 0 aliphatic rings. The van der Waals surface area contributed by atoms with Crippen LogP contribution < -0.4 is 10.6 Å². The summed E-state index contributed by atoms with van der Waals surface area (Å²) in [5.74, 6) is -0.616. The van der Waals surface area contributed by atoms with Crippen molar-refractivity contribution >= 4 is 34.8 Å². The SMILES string of the molecule is COC(=O)c1sccc1NC(=O)CCCCCNC(C)=O.